The first kappa shape index (κ1) is 13.6. The fourth-order valence-corrected chi connectivity index (χ4v) is 3.54. The average molecular weight is 348 g/mol. The zero-order valence-corrected chi connectivity index (χ0v) is 12.9. The van der Waals surface area contributed by atoms with Gasteiger partial charge in [0.05, 0.1) is 14.4 Å². The van der Waals surface area contributed by atoms with Gasteiger partial charge in [-0.1, -0.05) is 11.8 Å². The summed E-state index contributed by atoms with van der Waals surface area (Å²) in [4.78, 5) is 11.5. The summed E-state index contributed by atoms with van der Waals surface area (Å²) >= 11 is 6.22. The molecule has 0 atom stereocenters. The number of aliphatic carboxylic acids is 1. The van der Waals surface area contributed by atoms with E-state index in [2.05, 4.69) is 26.1 Å². The fourth-order valence-electron chi connectivity index (χ4n) is 1.35. The van der Waals surface area contributed by atoms with Crippen molar-refractivity contribution in [3.8, 4) is 10.7 Å². The Morgan fingerprint density at radius 3 is 2.89 bits per heavy atom. The Balaban J connectivity index is 2.27. The van der Waals surface area contributed by atoms with Crippen LogP contribution >= 0.6 is 39.0 Å². The molecule has 0 fully saturated rings. The van der Waals surface area contributed by atoms with Crippen molar-refractivity contribution < 1.29 is 9.90 Å². The lowest BCUT2D eigenvalue weighted by molar-refractivity contribution is -0.133. The number of thiophene rings is 1. The Bertz CT molecular complexity index is 574. The van der Waals surface area contributed by atoms with Crippen LogP contribution in [0.2, 0.25) is 0 Å². The fraction of sp³-hybridized carbons (Fsp3) is 0.300. The van der Waals surface area contributed by atoms with Gasteiger partial charge in [-0.3, -0.25) is 4.79 Å². The maximum atomic E-state index is 10.5. The topological polar surface area (TPSA) is 68.0 Å². The number of carboxylic acid groups (broad SMARTS) is 1. The third kappa shape index (κ3) is 2.76. The summed E-state index contributed by atoms with van der Waals surface area (Å²) < 4.78 is 2.88. The smallest absolute Gasteiger partial charge is 0.313 e. The molecule has 8 heteroatoms. The number of thioether (sulfide) groups is 1. The van der Waals surface area contributed by atoms with Gasteiger partial charge in [-0.15, -0.1) is 21.5 Å². The van der Waals surface area contributed by atoms with E-state index < -0.39 is 5.97 Å². The third-order valence-electron chi connectivity index (χ3n) is 2.24. The predicted octanol–water partition coefficient (Wildman–Crippen LogP) is 2.79. The highest BCUT2D eigenvalue weighted by molar-refractivity contribution is 9.11. The second-order valence-electron chi connectivity index (χ2n) is 3.61. The standard InChI is InChI=1S/C10H10BrN3O2S2/c1-5-3-6(18-8(5)11)9-12-13-10(14(9)2)17-4-7(15)16/h3H,4H2,1-2H3,(H,15,16). The molecule has 0 bridgehead atoms. The number of hydrogen-bond donors (Lipinski definition) is 1. The minimum atomic E-state index is -0.862. The molecule has 2 aromatic heterocycles. The van der Waals surface area contributed by atoms with E-state index in [-0.39, 0.29) is 5.75 Å². The van der Waals surface area contributed by atoms with Gasteiger partial charge in [-0.2, -0.15) is 0 Å². The molecule has 0 aromatic carbocycles. The molecule has 0 radical (unpaired) electrons. The van der Waals surface area contributed by atoms with E-state index >= 15 is 0 Å². The Kier molecular flexibility index (Phi) is 4.08. The minimum Gasteiger partial charge on any atom is -0.481 e. The van der Waals surface area contributed by atoms with Crippen LogP contribution < -0.4 is 0 Å². The highest BCUT2D eigenvalue weighted by atomic mass is 79.9. The lowest BCUT2D eigenvalue weighted by Gasteiger charge is -2.00. The maximum absolute atomic E-state index is 10.5. The Morgan fingerprint density at radius 1 is 1.61 bits per heavy atom. The number of carboxylic acids is 1. The van der Waals surface area contributed by atoms with Gasteiger partial charge < -0.3 is 9.67 Å². The SMILES string of the molecule is Cc1cc(-c2nnc(SCC(=O)O)n2C)sc1Br. The van der Waals surface area contributed by atoms with Gasteiger partial charge in [-0.05, 0) is 34.5 Å². The first-order chi connectivity index (χ1) is 8.49. The molecule has 0 saturated carbocycles. The number of hydrogen-bond acceptors (Lipinski definition) is 5. The predicted molar refractivity (Wildman–Crippen MR) is 75.1 cm³/mol. The summed E-state index contributed by atoms with van der Waals surface area (Å²) in [5, 5.41) is 17.4. The zero-order chi connectivity index (χ0) is 13.3. The van der Waals surface area contributed by atoms with Gasteiger partial charge in [-0.25, -0.2) is 0 Å². The van der Waals surface area contributed by atoms with Gasteiger partial charge in [0, 0.05) is 7.05 Å². The van der Waals surface area contributed by atoms with E-state index in [0.717, 1.165) is 31.8 Å². The van der Waals surface area contributed by atoms with Crippen LogP contribution in [-0.4, -0.2) is 31.6 Å². The van der Waals surface area contributed by atoms with Crippen molar-refractivity contribution in [1.29, 1.82) is 0 Å². The van der Waals surface area contributed by atoms with Crippen molar-refractivity contribution in [2.24, 2.45) is 7.05 Å². The third-order valence-corrected chi connectivity index (χ3v) is 5.37. The molecule has 0 unspecified atom stereocenters. The van der Waals surface area contributed by atoms with Gasteiger partial charge >= 0.3 is 5.97 Å². The van der Waals surface area contributed by atoms with Crippen LogP contribution in [0.3, 0.4) is 0 Å². The number of nitrogens with zero attached hydrogens (tertiary/aromatic N) is 3. The summed E-state index contributed by atoms with van der Waals surface area (Å²) in [6.07, 6.45) is 0. The number of aromatic nitrogens is 3. The van der Waals surface area contributed by atoms with E-state index in [1.165, 1.54) is 0 Å². The molecule has 1 N–H and O–H groups in total. The van der Waals surface area contributed by atoms with Gasteiger partial charge in [0.25, 0.3) is 0 Å². The first-order valence-corrected chi connectivity index (χ1v) is 7.59. The number of carbonyl (C=O) groups is 1. The first-order valence-electron chi connectivity index (χ1n) is 4.99. The van der Waals surface area contributed by atoms with E-state index in [1.807, 2.05) is 24.6 Å². The highest BCUT2D eigenvalue weighted by Crippen LogP contribution is 2.34. The molecule has 0 aliphatic carbocycles. The Morgan fingerprint density at radius 2 is 2.33 bits per heavy atom. The molecule has 2 heterocycles. The van der Waals surface area contributed by atoms with Crippen LogP contribution in [0, 0.1) is 6.92 Å². The van der Waals surface area contributed by atoms with Crippen molar-refractivity contribution in [3.05, 3.63) is 15.4 Å². The Labute approximate surface area is 120 Å². The van der Waals surface area contributed by atoms with E-state index in [1.54, 1.807) is 11.3 Å². The molecule has 2 aromatic rings. The molecule has 2 rings (SSSR count). The maximum Gasteiger partial charge on any atom is 0.313 e. The molecule has 0 aliphatic heterocycles. The number of rotatable bonds is 4. The molecule has 0 saturated heterocycles. The van der Waals surface area contributed by atoms with E-state index in [9.17, 15) is 4.79 Å². The van der Waals surface area contributed by atoms with Crippen molar-refractivity contribution in [3.63, 3.8) is 0 Å². The molecule has 96 valence electrons. The van der Waals surface area contributed by atoms with Crippen molar-refractivity contribution in [2.75, 3.05) is 5.75 Å². The molecule has 0 amide bonds. The van der Waals surface area contributed by atoms with Gasteiger partial charge in [0.2, 0.25) is 0 Å². The summed E-state index contributed by atoms with van der Waals surface area (Å²) in [5.41, 5.74) is 1.15. The monoisotopic (exact) mass is 347 g/mol. The summed E-state index contributed by atoms with van der Waals surface area (Å²) in [6.45, 7) is 2.01. The molecule has 0 spiro atoms. The van der Waals surface area contributed by atoms with Crippen molar-refractivity contribution in [1.82, 2.24) is 14.8 Å². The second kappa shape index (κ2) is 5.41. The van der Waals surface area contributed by atoms with Crippen LogP contribution in [0.4, 0.5) is 0 Å². The van der Waals surface area contributed by atoms with Crippen LogP contribution in [-0.2, 0) is 11.8 Å². The summed E-state index contributed by atoms with van der Waals surface area (Å²) in [6, 6.07) is 2.03. The average Bonchev–Trinajstić information content (AvgIpc) is 2.81. The van der Waals surface area contributed by atoms with Crippen LogP contribution in [0.25, 0.3) is 10.7 Å². The lowest BCUT2D eigenvalue weighted by atomic mass is 10.3. The summed E-state index contributed by atoms with van der Waals surface area (Å²) in [5.74, 6) is -0.125. The van der Waals surface area contributed by atoms with Crippen molar-refractivity contribution >= 4 is 45.0 Å². The molecular formula is C10H10BrN3O2S2. The molecule has 0 aliphatic rings. The highest BCUT2D eigenvalue weighted by Gasteiger charge is 2.15. The van der Waals surface area contributed by atoms with Crippen LogP contribution in [0.1, 0.15) is 5.56 Å². The second-order valence-corrected chi connectivity index (χ2v) is 6.93. The molecule has 18 heavy (non-hydrogen) atoms. The van der Waals surface area contributed by atoms with E-state index in [4.69, 9.17) is 5.11 Å². The normalized spacial score (nSPS) is 10.8. The number of aryl methyl sites for hydroxylation is 1. The van der Waals surface area contributed by atoms with Gasteiger partial charge in [0.15, 0.2) is 11.0 Å². The lowest BCUT2D eigenvalue weighted by Crippen LogP contribution is -2.00. The van der Waals surface area contributed by atoms with E-state index in [0.29, 0.717) is 5.16 Å². The largest absolute Gasteiger partial charge is 0.481 e. The van der Waals surface area contributed by atoms with Crippen LogP contribution in [0.5, 0.6) is 0 Å². The summed E-state index contributed by atoms with van der Waals surface area (Å²) in [7, 11) is 1.84. The Hall–Kier alpha value is -0.860. The minimum absolute atomic E-state index is 0.0147. The molecular weight excluding hydrogens is 338 g/mol. The van der Waals surface area contributed by atoms with Gasteiger partial charge in [0.1, 0.15) is 0 Å². The molecule has 5 nitrogen and oxygen atoms in total. The van der Waals surface area contributed by atoms with Crippen LogP contribution in [0.15, 0.2) is 15.0 Å². The number of halogens is 1. The quantitative estimate of drug-likeness (QED) is 0.861. The van der Waals surface area contributed by atoms with Crippen molar-refractivity contribution in [2.45, 2.75) is 12.1 Å². The zero-order valence-electron chi connectivity index (χ0n) is 9.68.